The van der Waals surface area contributed by atoms with Gasteiger partial charge in [0, 0.05) is 0 Å². The maximum atomic E-state index is 11.6. The average molecular weight is 320 g/mol. The van der Waals surface area contributed by atoms with E-state index in [1.807, 2.05) is 0 Å². The van der Waals surface area contributed by atoms with Crippen LogP contribution in [0.5, 0.6) is 0 Å². The van der Waals surface area contributed by atoms with E-state index in [1.165, 1.54) is 0 Å². The van der Waals surface area contributed by atoms with Crippen molar-refractivity contribution in [3.05, 3.63) is 33.8 Å². The molecule has 0 spiro atoms. The summed E-state index contributed by atoms with van der Waals surface area (Å²) >= 11 is 11.8. The second-order valence-electron chi connectivity index (χ2n) is 5.48. The topological polar surface area (TPSA) is 58.6 Å². The van der Waals surface area contributed by atoms with Crippen LogP contribution in [0.3, 0.4) is 0 Å². The number of hydrogen-bond donors (Lipinski definition) is 2. The second kappa shape index (κ2) is 7.16. The van der Waals surface area contributed by atoms with Crippen LogP contribution in [0.15, 0.2) is 18.2 Å². The van der Waals surface area contributed by atoms with Crippen LogP contribution in [-0.4, -0.2) is 29.4 Å². The highest BCUT2D eigenvalue weighted by Gasteiger charge is 2.19. The molecule has 0 aliphatic rings. The van der Waals surface area contributed by atoms with E-state index in [0.29, 0.717) is 16.5 Å². The number of rotatable bonds is 4. The number of carbonyl (C=O) groups is 1. The van der Waals surface area contributed by atoms with Crippen molar-refractivity contribution >= 4 is 29.3 Å². The van der Waals surface area contributed by atoms with Gasteiger partial charge in [-0.25, -0.2) is 4.79 Å². The minimum Gasteiger partial charge on any atom is -0.444 e. The predicted molar refractivity (Wildman–Crippen MR) is 80.4 cm³/mol. The van der Waals surface area contributed by atoms with Crippen LogP contribution >= 0.6 is 23.2 Å². The van der Waals surface area contributed by atoms with Crippen LogP contribution in [-0.2, 0) is 11.2 Å². The third-order valence-electron chi connectivity index (χ3n) is 2.41. The fourth-order valence-electron chi connectivity index (χ4n) is 1.59. The van der Waals surface area contributed by atoms with Gasteiger partial charge in [0.05, 0.1) is 22.7 Å². The van der Waals surface area contributed by atoms with E-state index < -0.39 is 17.7 Å². The molecule has 1 aromatic rings. The standard InChI is InChI=1S/C14H19Cl2NO3/c1-14(2,3)20-13(19)17-10(8-18)6-9-4-5-11(15)12(16)7-9/h4-5,7,10,18H,6,8H2,1-3H3,(H,17,19). The van der Waals surface area contributed by atoms with Crippen LogP contribution in [0.2, 0.25) is 10.0 Å². The van der Waals surface area contributed by atoms with E-state index in [-0.39, 0.29) is 6.61 Å². The highest BCUT2D eigenvalue weighted by atomic mass is 35.5. The molecule has 112 valence electrons. The Morgan fingerprint density at radius 3 is 2.50 bits per heavy atom. The van der Waals surface area contributed by atoms with Gasteiger partial charge < -0.3 is 15.2 Å². The number of alkyl carbamates (subject to hydrolysis) is 1. The molecule has 0 radical (unpaired) electrons. The molecule has 1 amide bonds. The number of aliphatic hydroxyl groups excluding tert-OH is 1. The Balaban J connectivity index is 2.63. The zero-order valence-corrected chi connectivity index (χ0v) is 13.3. The first-order valence-electron chi connectivity index (χ1n) is 6.25. The molecule has 1 unspecified atom stereocenters. The van der Waals surface area contributed by atoms with Crippen molar-refractivity contribution in [1.82, 2.24) is 5.32 Å². The monoisotopic (exact) mass is 319 g/mol. The van der Waals surface area contributed by atoms with Gasteiger partial charge in [-0.1, -0.05) is 29.3 Å². The molecule has 4 nitrogen and oxygen atoms in total. The maximum Gasteiger partial charge on any atom is 0.407 e. The molecule has 20 heavy (non-hydrogen) atoms. The van der Waals surface area contributed by atoms with Crippen LogP contribution in [0.25, 0.3) is 0 Å². The molecule has 0 aromatic heterocycles. The first-order valence-corrected chi connectivity index (χ1v) is 7.01. The molecular formula is C14H19Cl2NO3. The highest BCUT2D eigenvalue weighted by Crippen LogP contribution is 2.23. The zero-order valence-electron chi connectivity index (χ0n) is 11.7. The van der Waals surface area contributed by atoms with Gasteiger partial charge in [0.25, 0.3) is 0 Å². The molecule has 6 heteroatoms. The lowest BCUT2D eigenvalue weighted by molar-refractivity contribution is 0.0483. The first kappa shape index (κ1) is 17.1. The molecule has 0 heterocycles. The Labute approximate surface area is 129 Å². The summed E-state index contributed by atoms with van der Waals surface area (Å²) in [4.78, 5) is 11.6. The minimum absolute atomic E-state index is 0.195. The van der Waals surface area contributed by atoms with Crippen LogP contribution in [0.4, 0.5) is 4.79 Å². The quantitative estimate of drug-likeness (QED) is 0.894. The number of carbonyl (C=O) groups excluding carboxylic acids is 1. The van der Waals surface area contributed by atoms with Crippen molar-refractivity contribution in [2.75, 3.05) is 6.61 Å². The minimum atomic E-state index is -0.576. The smallest absolute Gasteiger partial charge is 0.407 e. The number of aliphatic hydroxyl groups is 1. The largest absolute Gasteiger partial charge is 0.444 e. The summed E-state index contributed by atoms with van der Waals surface area (Å²) in [6.07, 6.45) is -0.122. The van der Waals surface area contributed by atoms with Crippen LogP contribution in [0.1, 0.15) is 26.3 Å². The molecule has 2 N–H and O–H groups in total. The molecule has 0 saturated carbocycles. The normalized spacial score (nSPS) is 12.9. The van der Waals surface area contributed by atoms with Gasteiger partial charge in [0.1, 0.15) is 5.60 Å². The fraction of sp³-hybridized carbons (Fsp3) is 0.500. The predicted octanol–water partition coefficient (Wildman–Crippen LogP) is 3.42. The molecule has 0 aliphatic carbocycles. The Kier molecular flexibility index (Phi) is 6.11. The van der Waals surface area contributed by atoms with Crippen molar-refractivity contribution in [2.24, 2.45) is 0 Å². The van der Waals surface area contributed by atoms with Crippen molar-refractivity contribution in [1.29, 1.82) is 0 Å². The first-order chi connectivity index (χ1) is 9.21. The fourth-order valence-corrected chi connectivity index (χ4v) is 1.91. The summed E-state index contributed by atoms with van der Waals surface area (Å²) in [5, 5.41) is 12.9. The van der Waals surface area contributed by atoms with Gasteiger partial charge in [-0.3, -0.25) is 0 Å². The van der Waals surface area contributed by atoms with Crippen molar-refractivity contribution in [3.8, 4) is 0 Å². The third kappa shape index (κ3) is 5.99. The van der Waals surface area contributed by atoms with Gasteiger partial charge in [0.15, 0.2) is 0 Å². The Bertz CT molecular complexity index is 472. The Morgan fingerprint density at radius 1 is 1.35 bits per heavy atom. The van der Waals surface area contributed by atoms with E-state index in [0.717, 1.165) is 5.56 Å². The number of halogens is 2. The Morgan fingerprint density at radius 2 is 2.00 bits per heavy atom. The molecule has 0 saturated heterocycles. The third-order valence-corrected chi connectivity index (χ3v) is 3.15. The van der Waals surface area contributed by atoms with Crippen LogP contribution < -0.4 is 5.32 Å². The number of amides is 1. The lowest BCUT2D eigenvalue weighted by Crippen LogP contribution is -2.42. The lowest BCUT2D eigenvalue weighted by Gasteiger charge is -2.22. The lowest BCUT2D eigenvalue weighted by atomic mass is 10.1. The molecule has 1 atom stereocenters. The molecule has 0 fully saturated rings. The van der Waals surface area contributed by atoms with Gasteiger partial charge >= 0.3 is 6.09 Å². The molecule has 1 rings (SSSR count). The summed E-state index contributed by atoms with van der Waals surface area (Å²) in [7, 11) is 0. The zero-order chi connectivity index (χ0) is 15.3. The second-order valence-corrected chi connectivity index (χ2v) is 6.29. The van der Waals surface area contributed by atoms with E-state index in [9.17, 15) is 9.90 Å². The molecule has 0 aliphatic heterocycles. The number of ether oxygens (including phenoxy) is 1. The van der Waals surface area contributed by atoms with Crippen molar-refractivity contribution < 1.29 is 14.6 Å². The molecular weight excluding hydrogens is 301 g/mol. The maximum absolute atomic E-state index is 11.6. The SMILES string of the molecule is CC(C)(C)OC(=O)NC(CO)Cc1ccc(Cl)c(Cl)c1. The van der Waals surface area contributed by atoms with Gasteiger partial charge in [0.2, 0.25) is 0 Å². The highest BCUT2D eigenvalue weighted by molar-refractivity contribution is 6.42. The summed E-state index contributed by atoms with van der Waals surface area (Å²) in [5.41, 5.74) is 0.294. The molecule has 1 aromatic carbocycles. The number of nitrogens with one attached hydrogen (secondary N) is 1. The van der Waals surface area contributed by atoms with E-state index >= 15 is 0 Å². The number of hydrogen-bond acceptors (Lipinski definition) is 3. The van der Waals surface area contributed by atoms with E-state index in [4.69, 9.17) is 27.9 Å². The summed E-state index contributed by atoms with van der Waals surface area (Å²) < 4.78 is 5.14. The van der Waals surface area contributed by atoms with Crippen molar-refractivity contribution in [2.45, 2.75) is 38.8 Å². The summed E-state index contributed by atoms with van der Waals surface area (Å²) in [5.74, 6) is 0. The van der Waals surface area contributed by atoms with Crippen molar-refractivity contribution in [3.63, 3.8) is 0 Å². The van der Waals surface area contributed by atoms with E-state index in [2.05, 4.69) is 5.32 Å². The van der Waals surface area contributed by atoms with Gasteiger partial charge in [-0.2, -0.15) is 0 Å². The van der Waals surface area contributed by atoms with Gasteiger partial charge in [-0.05, 0) is 44.9 Å². The number of benzene rings is 1. The average Bonchev–Trinajstić information content (AvgIpc) is 2.30. The summed E-state index contributed by atoms with van der Waals surface area (Å²) in [6.45, 7) is 5.14. The van der Waals surface area contributed by atoms with Crippen LogP contribution in [0, 0.1) is 0 Å². The van der Waals surface area contributed by atoms with Gasteiger partial charge in [-0.15, -0.1) is 0 Å². The Hall–Kier alpha value is -0.970. The summed E-state index contributed by atoms with van der Waals surface area (Å²) in [6, 6.07) is 4.75. The van der Waals surface area contributed by atoms with E-state index in [1.54, 1.807) is 39.0 Å². The molecule has 0 bridgehead atoms.